The van der Waals surface area contributed by atoms with Gasteiger partial charge in [-0.05, 0) is 18.2 Å². The van der Waals surface area contributed by atoms with Gasteiger partial charge in [-0.1, -0.05) is 0 Å². The van der Waals surface area contributed by atoms with Gasteiger partial charge in [-0.2, -0.15) is 5.26 Å². The van der Waals surface area contributed by atoms with E-state index >= 15 is 0 Å². The van der Waals surface area contributed by atoms with Crippen LogP contribution < -0.4 is 3.53 Å². The summed E-state index contributed by atoms with van der Waals surface area (Å²) in [5, 5.41) is 8.42. The van der Waals surface area contributed by atoms with Crippen LogP contribution in [0.5, 0.6) is 0 Å². The normalized spacial score (nSPS) is 8.82. The first-order valence-electron chi connectivity index (χ1n) is 2.84. The van der Waals surface area contributed by atoms with E-state index in [0.717, 1.165) is 5.69 Å². The Morgan fingerprint density at radius 1 is 1.55 bits per heavy atom. The van der Waals surface area contributed by atoms with Gasteiger partial charge in [0.2, 0.25) is 0 Å². The monoisotopic (exact) mass is 262 g/mol. The van der Waals surface area contributed by atoms with Gasteiger partial charge in [-0.15, -0.1) is 0 Å². The summed E-state index contributed by atoms with van der Waals surface area (Å²) >= 11 is 1.92. The van der Waals surface area contributed by atoms with Gasteiger partial charge in [0.1, 0.15) is 11.9 Å². The molecule has 11 heavy (non-hydrogen) atoms. The molecule has 0 atom stereocenters. The van der Waals surface area contributed by atoms with Gasteiger partial charge in [-0.3, -0.25) is 0 Å². The lowest BCUT2D eigenvalue weighted by atomic mass is 10.2. The molecule has 0 spiro atoms. The van der Waals surface area contributed by atoms with E-state index < -0.39 is 5.82 Å². The number of hydrogen-bond donors (Lipinski definition) is 1. The molecule has 0 aromatic heterocycles. The Bertz CT molecular complexity index is 306. The average Bonchev–Trinajstić information content (AvgIpc) is 2.05. The minimum absolute atomic E-state index is 0.0617. The smallest absolute Gasteiger partial charge is 0.141 e. The molecular formula is C7H4FIN2. The average molecular weight is 262 g/mol. The fourth-order valence-corrected chi connectivity index (χ4v) is 1.01. The van der Waals surface area contributed by atoms with Gasteiger partial charge in [0.15, 0.2) is 0 Å². The second-order valence-corrected chi connectivity index (χ2v) is 2.44. The fourth-order valence-electron chi connectivity index (χ4n) is 0.670. The Balaban J connectivity index is 3.15. The molecular weight excluding hydrogens is 258 g/mol. The summed E-state index contributed by atoms with van der Waals surface area (Å²) < 4.78 is 15.4. The predicted molar refractivity (Wildman–Crippen MR) is 48.8 cm³/mol. The van der Waals surface area contributed by atoms with E-state index in [9.17, 15) is 4.39 Å². The zero-order valence-corrected chi connectivity index (χ0v) is 7.59. The van der Waals surface area contributed by atoms with Gasteiger partial charge >= 0.3 is 0 Å². The molecule has 0 radical (unpaired) electrons. The van der Waals surface area contributed by atoms with E-state index in [4.69, 9.17) is 5.26 Å². The molecule has 0 fully saturated rings. The van der Waals surface area contributed by atoms with Crippen LogP contribution in [0.25, 0.3) is 0 Å². The van der Waals surface area contributed by atoms with Crippen LogP contribution in [-0.2, 0) is 0 Å². The number of hydrogen-bond acceptors (Lipinski definition) is 2. The molecule has 0 aliphatic heterocycles. The highest BCUT2D eigenvalue weighted by Gasteiger charge is 2.00. The molecule has 0 saturated carbocycles. The van der Waals surface area contributed by atoms with Gasteiger partial charge in [0, 0.05) is 5.69 Å². The first-order chi connectivity index (χ1) is 5.27. The zero-order chi connectivity index (χ0) is 8.27. The van der Waals surface area contributed by atoms with Crippen molar-refractivity contribution in [2.75, 3.05) is 3.53 Å². The van der Waals surface area contributed by atoms with Crippen molar-refractivity contribution in [1.29, 1.82) is 5.26 Å². The molecule has 0 amide bonds. The number of nitrogens with one attached hydrogen (secondary N) is 1. The number of halogens is 2. The first-order valence-corrected chi connectivity index (χ1v) is 3.92. The summed E-state index contributed by atoms with van der Waals surface area (Å²) in [7, 11) is 0. The second-order valence-electron chi connectivity index (χ2n) is 1.90. The number of benzene rings is 1. The Morgan fingerprint density at radius 2 is 2.27 bits per heavy atom. The maximum absolute atomic E-state index is 12.7. The van der Waals surface area contributed by atoms with E-state index in [0.29, 0.717) is 0 Å². The van der Waals surface area contributed by atoms with Crippen LogP contribution >= 0.6 is 22.9 Å². The topological polar surface area (TPSA) is 35.8 Å². The highest BCUT2D eigenvalue weighted by atomic mass is 127. The number of nitriles is 1. The third-order valence-electron chi connectivity index (χ3n) is 1.20. The lowest BCUT2D eigenvalue weighted by Crippen LogP contribution is -1.85. The molecule has 2 nitrogen and oxygen atoms in total. The van der Waals surface area contributed by atoms with E-state index in [2.05, 4.69) is 3.53 Å². The van der Waals surface area contributed by atoms with Gasteiger partial charge in [0.05, 0.1) is 28.4 Å². The molecule has 0 bridgehead atoms. The zero-order valence-electron chi connectivity index (χ0n) is 5.44. The third-order valence-corrected chi connectivity index (χ3v) is 1.82. The van der Waals surface area contributed by atoms with Crippen LogP contribution in [0.3, 0.4) is 0 Å². The van der Waals surface area contributed by atoms with Crippen LogP contribution in [-0.4, -0.2) is 0 Å². The minimum atomic E-state index is -0.483. The highest BCUT2D eigenvalue weighted by molar-refractivity contribution is 14.1. The Hall–Kier alpha value is -0.830. The van der Waals surface area contributed by atoms with Crippen molar-refractivity contribution in [2.24, 2.45) is 0 Å². The van der Waals surface area contributed by atoms with Crippen LogP contribution in [0.4, 0.5) is 10.1 Å². The largest absolute Gasteiger partial charge is 0.328 e. The molecule has 1 aromatic rings. The molecule has 0 unspecified atom stereocenters. The van der Waals surface area contributed by atoms with Crippen molar-refractivity contribution in [3.63, 3.8) is 0 Å². The van der Waals surface area contributed by atoms with Crippen molar-refractivity contribution >= 4 is 28.6 Å². The Labute approximate surface area is 77.5 Å². The van der Waals surface area contributed by atoms with E-state index in [1.54, 1.807) is 12.1 Å². The van der Waals surface area contributed by atoms with Crippen molar-refractivity contribution < 1.29 is 4.39 Å². The van der Waals surface area contributed by atoms with Crippen LogP contribution in [0.15, 0.2) is 18.2 Å². The SMILES string of the molecule is N#Cc1cc(NI)ccc1F. The van der Waals surface area contributed by atoms with E-state index in [1.807, 2.05) is 22.9 Å². The first kappa shape index (κ1) is 8.27. The molecule has 0 heterocycles. The summed E-state index contributed by atoms with van der Waals surface area (Å²) in [5.74, 6) is -0.483. The summed E-state index contributed by atoms with van der Waals surface area (Å²) in [6.45, 7) is 0. The lowest BCUT2D eigenvalue weighted by molar-refractivity contribution is 0.624. The number of nitrogens with zero attached hydrogens (tertiary/aromatic N) is 1. The number of anilines is 1. The van der Waals surface area contributed by atoms with Crippen molar-refractivity contribution in [1.82, 2.24) is 0 Å². The fraction of sp³-hybridized carbons (Fsp3) is 0. The highest BCUT2D eigenvalue weighted by Crippen LogP contribution is 2.14. The van der Waals surface area contributed by atoms with Crippen LogP contribution in [0.1, 0.15) is 5.56 Å². The summed E-state index contributed by atoms with van der Waals surface area (Å²) in [6.07, 6.45) is 0. The Morgan fingerprint density at radius 3 is 2.82 bits per heavy atom. The van der Waals surface area contributed by atoms with Gasteiger partial charge in [0.25, 0.3) is 0 Å². The second kappa shape index (κ2) is 3.53. The summed E-state index contributed by atoms with van der Waals surface area (Å²) in [6, 6.07) is 6.05. The van der Waals surface area contributed by atoms with Gasteiger partial charge in [-0.25, -0.2) is 4.39 Å². The standard InChI is InChI=1S/C7H4FIN2/c8-7-2-1-6(11-9)3-5(7)4-10/h1-3,11H. The minimum Gasteiger partial charge on any atom is -0.328 e. The molecule has 56 valence electrons. The third kappa shape index (κ3) is 1.80. The van der Waals surface area contributed by atoms with E-state index in [1.165, 1.54) is 12.1 Å². The predicted octanol–water partition coefficient (Wildman–Crippen LogP) is 2.46. The summed E-state index contributed by atoms with van der Waals surface area (Å²) in [5.41, 5.74) is 0.787. The van der Waals surface area contributed by atoms with Gasteiger partial charge < -0.3 is 3.53 Å². The maximum Gasteiger partial charge on any atom is 0.141 e. The van der Waals surface area contributed by atoms with Crippen molar-refractivity contribution in [3.8, 4) is 6.07 Å². The molecule has 4 heteroatoms. The molecule has 0 aliphatic carbocycles. The van der Waals surface area contributed by atoms with Crippen LogP contribution in [0, 0.1) is 17.1 Å². The summed E-state index contributed by atoms with van der Waals surface area (Å²) in [4.78, 5) is 0. The van der Waals surface area contributed by atoms with Crippen molar-refractivity contribution in [3.05, 3.63) is 29.6 Å². The molecule has 0 saturated heterocycles. The quantitative estimate of drug-likeness (QED) is 0.623. The Kier molecular flexibility index (Phi) is 2.65. The molecule has 1 aromatic carbocycles. The molecule has 0 aliphatic rings. The molecule has 1 N–H and O–H groups in total. The number of rotatable bonds is 1. The van der Waals surface area contributed by atoms with E-state index in [-0.39, 0.29) is 5.56 Å². The lowest BCUT2D eigenvalue weighted by Gasteiger charge is -1.97. The molecule has 1 rings (SSSR count). The maximum atomic E-state index is 12.7. The van der Waals surface area contributed by atoms with Crippen molar-refractivity contribution in [2.45, 2.75) is 0 Å². The van der Waals surface area contributed by atoms with Crippen LogP contribution in [0.2, 0.25) is 0 Å².